The van der Waals surface area contributed by atoms with Crippen LogP contribution in [-0.2, 0) is 11.0 Å². The molecule has 0 saturated heterocycles. The summed E-state index contributed by atoms with van der Waals surface area (Å²) in [5.74, 6) is 1.37. The van der Waals surface area contributed by atoms with Crippen LogP contribution in [0, 0.1) is 13.8 Å². The zero-order valence-corrected chi connectivity index (χ0v) is 19.5. The smallest absolute Gasteiger partial charge is 0.386 e. The van der Waals surface area contributed by atoms with Crippen molar-refractivity contribution in [2.24, 2.45) is 0 Å². The Morgan fingerprint density at radius 1 is 0.719 bits per heavy atom. The van der Waals surface area contributed by atoms with E-state index in [0.29, 0.717) is 17.2 Å². The van der Waals surface area contributed by atoms with E-state index in [0.717, 1.165) is 34.7 Å². The molecular formula is C27H27O4P. The van der Waals surface area contributed by atoms with E-state index in [-0.39, 0.29) is 0 Å². The number of hydrogen-bond donors (Lipinski definition) is 0. The Kier molecular flexibility index (Phi) is 6.53. The summed E-state index contributed by atoms with van der Waals surface area (Å²) >= 11 is 0. The van der Waals surface area contributed by atoms with Crippen LogP contribution in [0.2, 0.25) is 0 Å². The van der Waals surface area contributed by atoms with Gasteiger partial charge in [-0.2, -0.15) is 4.57 Å². The van der Waals surface area contributed by atoms with Gasteiger partial charge in [0, 0.05) is 5.39 Å². The highest BCUT2D eigenvalue weighted by Gasteiger charge is 2.34. The molecule has 0 saturated carbocycles. The lowest BCUT2D eigenvalue weighted by molar-refractivity contribution is 0.298. The largest absolute Gasteiger partial charge is 0.647 e. The Morgan fingerprint density at radius 2 is 1.38 bits per heavy atom. The summed E-state index contributed by atoms with van der Waals surface area (Å²) in [6.07, 6.45) is 2.03. The molecule has 0 amide bonds. The first-order chi connectivity index (χ1) is 15.5. The first-order valence-corrected chi connectivity index (χ1v) is 12.3. The fourth-order valence-electron chi connectivity index (χ4n) is 3.64. The summed E-state index contributed by atoms with van der Waals surface area (Å²) in [4.78, 5) is 0. The van der Waals surface area contributed by atoms with E-state index in [1.807, 2.05) is 80.6 Å². The van der Waals surface area contributed by atoms with Gasteiger partial charge in [-0.3, -0.25) is 0 Å². The predicted molar refractivity (Wildman–Crippen MR) is 130 cm³/mol. The molecule has 4 rings (SSSR count). The van der Waals surface area contributed by atoms with E-state index in [2.05, 4.69) is 6.92 Å². The maximum absolute atomic E-state index is 14.0. The Hall–Kier alpha value is -3.23. The molecule has 0 aromatic heterocycles. The van der Waals surface area contributed by atoms with Crippen molar-refractivity contribution in [2.45, 2.75) is 33.6 Å². The standard InChI is InChI=1S/C27H27O4P/c1-4-9-22-16-18-24(19-17-22)29-32(28,31-27-20(2)10-7-11-21(27)3)30-26-15-8-13-23-12-5-6-14-25(23)26/h5-8,10-19H,4,9H2,1-3H3. The quantitative estimate of drug-likeness (QED) is 0.257. The van der Waals surface area contributed by atoms with Crippen molar-refractivity contribution in [1.82, 2.24) is 0 Å². The van der Waals surface area contributed by atoms with Gasteiger partial charge < -0.3 is 13.6 Å². The van der Waals surface area contributed by atoms with Crippen LogP contribution in [0.25, 0.3) is 10.8 Å². The SMILES string of the molecule is CCCc1ccc(OP(=O)(Oc2c(C)cccc2C)Oc2cccc3ccccc23)cc1. The number of fused-ring (bicyclic) bond motifs is 1. The molecule has 0 fully saturated rings. The van der Waals surface area contributed by atoms with E-state index in [1.165, 1.54) is 5.56 Å². The van der Waals surface area contributed by atoms with Crippen molar-refractivity contribution in [3.63, 3.8) is 0 Å². The van der Waals surface area contributed by atoms with Crippen LogP contribution < -0.4 is 13.6 Å². The van der Waals surface area contributed by atoms with Gasteiger partial charge in [0.15, 0.2) is 0 Å². The molecule has 1 unspecified atom stereocenters. The van der Waals surface area contributed by atoms with E-state index in [4.69, 9.17) is 13.6 Å². The first kappa shape index (κ1) is 22.0. The highest BCUT2D eigenvalue weighted by atomic mass is 31.2. The lowest BCUT2D eigenvalue weighted by Crippen LogP contribution is -2.09. The second kappa shape index (κ2) is 9.50. The topological polar surface area (TPSA) is 44.8 Å². The minimum Gasteiger partial charge on any atom is -0.386 e. The molecule has 0 aliphatic carbocycles. The number of benzene rings is 4. The van der Waals surface area contributed by atoms with Gasteiger partial charge in [-0.1, -0.05) is 80.1 Å². The van der Waals surface area contributed by atoms with Crippen molar-refractivity contribution in [2.75, 3.05) is 0 Å². The van der Waals surface area contributed by atoms with Crippen LogP contribution >= 0.6 is 7.82 Å². The fraction of sp³-hybridized carbons (Fsp3) is 0.185. The van der Waals surface area contributed by atoms with E-state index in [1.54, 1.807) is 18.2 Å². The summed E-state index contributed by atoms with van der Waals surface area (Å²) in [5.41, 5.74) is 2.91. The molecule has 0 N–H and O–H groups in total. The maximum Gasteiger partial charge on any atom is 0.647 e. The lowest BCUT2D eigenvalue weighted by Gasteiger charge is -2.22. The van der Waals surface area contributed by atoms with Crippen LogP contribution in [0.1, 0.15) is 30.0 Å². The average Bonchev–Trinajstić information content (AvgIpc) is 2.78. The van der Waals surface area contributed by atoms with Gasteiger partial charge in [0.1, 0.15) is 17.2 Å². The van der Waals surface area contributed by atoms with Crippen molar-refractivity contribution >= 4 is 18.6 Å². The molecule has 4 aromatic rings. The van der Waals surface area contributed by atoms with Crippen LogP contribution in [0.4, 0.5) is 0 Å². The number of rotatable bonds is 8. The molecule has 4 nitrogen and oxygen atoms in total. The normalized spacial score (nSPS) is 12.8. The summed E-state index contributed by atoms with van der Waals surface area (Å²) in [6, 6.07) is 26.7. The van der Waals surface area contributed by atoms with Gasteiger partial charge >= 0.3 is 7.82 Å². The third-order valence-corrected chi connectivity index (χ3v) is 6.51. The second-order valence-corrected chi connectivity index (χ2v) is 9.26. The number of para-hydroxylation sites is 1. The van der Waals surface area contributed by atoms with Gasteiger partial charge in [-0.05, 0) is 60.5 Å². The zero-order chi connectivity index (χ0) is 22.6. The molecule has 0 aliphatic rings. The Bertz CT molecular complexity index is 1240. The third kappa shape index (κ3) is 4.98. The summed E-state index contributed by atoms with van der Waals surface area (Å²) < 4.78 is 32.0. The molecule has 0 spiro atoms. The van der Waals surface area contributed by atoms with Crippen LogP contribution in [0.3, 0.4) is 0 Å². The van der Waals surface area contributed by atoms with Gasteiger partial charge in [-0.15, -0.1) is 0 Å². The molecule has 0 bridgehead atoms. The second-order valence-electron chi connectivity index (χ2n) is 7.81. The van der Waals surface area contributed by atoms with Crippen LogP contribution in [0.5, 0.6) is 17.2 Å². The molecule has 32 heavy (non-hydrogen) atoms. The number of phosphoric ester groups is 1. The van der Waals surface area contributed by atoms with Crippen molar-refractivity contribution in [3.05, 3.63) is 102 Å². The van der Waals surface area contributed by atoms with Gasteiger partial charge in [0.05, 0.1) is 0 Å². The van der Waals surface area contributed by atoms with E-state index >= 15 is 0 Å². The van der Waals surface area contributed by atoms with Crippen LogP contribution in [0.15, 0.2) is 84.9 Å². The lowest BCUT2D eigenvalue weighted by atomic mass is 10.1. The Morgan fingerprint density at radius 3 is 2.09 bits per heavy atom. The molecule has 0 heterocycles. The average molecular weight is 446 g/mol. The summed E-state index contributed by atoms with van der Waals surface area (Å²) in [5, 5.41) is 1.81. The molecule has 0 radical (unpaired) electrons. The van der Waals surface area contributed by atoms with E-state index < -0.39 is 7.82 Å². The molecule has 1 atom stereocenters. The van der Waals surface area contributed by atoms with Crippen molar-refractivity contribution in [1.29, 1.82) is 0 Å². The molecule has 5 heteroatoms. The first-order valence-electron chi connectivity index (χ1n) is 10.8. The minimum atomic E-state index is -4.07. The van der Waals surface area contributed by atoms with E-state index in [9.17, 15) is 4.57 Å². The zero-order valence-electron chi connectivity index (χ0n) is 18.6. The van der Waals surface area contributed by atoms with Gasteiger partial charge in [0.25, 0.3) is 0 Å². The molecule has 164 valence electrons. The monoisotopic (exact) mass is 446 g/mol. The Labute approximate surface area is 189 Å². The third-order valence-electron chi connectivity index (χ3n) is 5.25. The molecule has 0 aliphatic heterocycles. The molecular weight excluding hydrogens is 419 g/mol. The fourth-order valence-corrected chi connectivity index (χ4v) is 5.04. The number of hydrogen-bond acceptors (Lipinski definition) is 4. The minimum absolute atomic E-state index is 0.430. The molecule has 4 aromatic carbocycles. The summed E-state index contributed by atoms with van der Waals surface area (Å²) in [6.45, 7) is 5.95. The number of phosphoric acid groups is 1. The van der Waals surface area contributed by atoms with Crippen molar-refractivity contribution in [3.8, 4) is 17.2 Å². The van der Waals surface area contributed by atoms with Gasteiger partial charge in [-0.25, -0.2) is 0 Å². The highest BCUT2D eigenvalue weighted by Crippen LogP contribution is 2.52. The predicted octanol–water partition coefficient (Wildman–Crippen LogP) is 8.05. The van der Waals surface area contributed by atoms with Crippen molar-refractivity contribution < 1.29 is 18.1 Å². The summed E-state index contributed by atoms with van der Waals surface area (Å²) in [7, 11) is -4.07. The Balaban J connectivity index is 1.72. The van der Waals surface area contributed by atoms with Gasteiger partial charge in [0.2, 0.25) is 0 Å². The number of aryl methyl sites for hydroxylation is 3. The maximum atomic E-state index is 14.0. The highest BCUT2D eigenvalue weighted by molar-refractivity contribution is 7.49. The van der Waals surface area contributed by atoms with Crippen LogP contribution in [-0.4, -0.2) is 0 Å².